The van der Waals surface area contributed by atoms with E-state index < -0.39 is 44.7 Å². The molecular weight excluding hydrogens is 430 g/mol. The van der Waals surface area contributed by atoms with Crippen molar-refractivity contribution >= 4 is 27.6 Å². The zero-order chi connectivity index (χ0) is 23.3. The van der Waals surface area contributed by atoms with Crippen LogP contribution in [0.3, 0.4) is 0 Å². The predicted molar refractivity (Wildman–Crippen MR) is 113 cm³/mol. The minimum atomic E-state index is -4.33. The van der Waals surface area contributed by atoms with Crippen LogP contribution in [0.15, 0.2) is 23.8 Å². The third kappa shape index (κ3) is 6.49. The van der Waals surface area contributed by atoms with Crippen molar-refractivity contribution in [2.24, 2.45) is 5.92 Å². The van der Waals surface area contributed by atoms with Crippen LogP contribution in [0.25, 0.3) is 0 Å². The summed E-state index contributed by atoms with van der Waals surface area (Å²) >= 11 is 0. The quantitative estimate of drug-likeness (QED) is 0.582. The summed E-state index contributed by atoms with van der Waals surface area (Å²) in [7, 11) is -4.33. The number of allylic oxidation sites excluding steroid dienone is 1. The van der Waals surface area contributed by atoms with Gasteiger partial charge in [-0.05, 0) is 50.8 Å². The van der Waals surface area contributed by atoms with E-state index in [0.29, 0.717) is 12.8 Å². The largest absolute Gasteiger partial charge is 0.460 e. The van der Waals surface area contributed by atoms with Gasteiger partial charge >= 0.3 is 5.97 Å². The molecule has 0 spiro atoms. The fraction of sp³-hybridized carbons (Fsp3) is 0.524. The zero-order valence-corrected chi connectivity index (χ0v) is 18.8. The van der Waals surface area contributed by atoms with Crippen LogP contribution in [0.1, 0.15) is 52.5 Å². The number of amides is 1. The van der Waals surface area contributed by atoms with Crippen molar-refractivity contribution in [3.05, 3.63) is 41.0 Å². The molecule has 7 nitrogen and oxygen atoms in total. The van der Waals surface area contributed by atoms with E-state index in [4.69, 9.17) is 4.74 Å². The maximum atomic E-state index is 14.5. The summed E-state index contributed by atoms with van der Waals surface area (Å²) in [6.45, 7) is 6.53. The second kappa shape index (κ2) is 10.2. The van der Waals surface area contributed by atoms with Gasteiger partial charge in [-0.3, -0.25) is 9.52 Å². The van der Waals surface area contributed by atoms with Gasteiger partial charge in [-0.15, -0.1) is 0 Å². The van der Waals surface area contributed by atoms with Crippen LogP contribution >= 0.6 is 0 Å². The van der Waals surface area contributed by atoms with Crippen LogP contribution in [0.2, 0.25) is 0 Å². The Labute approximate surface area is 181 Å². The Morgan fingerprint density at radius 3 is 2.32 bits per heavy atom. The second-order valence-electron chi connectivity index (χ2n) is 7.99. The average Bonchev–Trinajstić information content (AvgIpc) is 2.68. The molecule has 10 heteroatoms. The molecule has 1 aliphatic carbocycles. The highest BCUT2D eigenvalue weighted by Crippen LogP contribution is 2.30. The number of benzene rings is 1. The van der Waals surface area contributed by atoms with Gasteiger partial charge in [0.2, 0.25) is 15.9 Å². The summed E-state index contributed by atoms with van der Waals surface area (Å²) in [5.74, 6) is -3.58. The molecule has 0 bridgehead atoms. The molecule has 0 heterocycles. The molecule has 1 unspecified atom stereocenters. The van der Waals surface area contributed by atoms with Crippen LogP contribution in [0.4, 0.5) is 14.5 Å². The summed E-state index contributed by atoms with van der Waals surface area (Å²) in [6.07, 6.45) is 2.19. The molecule has 2 rings (SSSR count). The molecule has 1 aliphatic rings. The molecule has 2 N–H and O–H groups in total. The molecule has 1 atom stereocenters. The molecule has 0 aromatic heterocycles. The van der Waals surface area contributed by atoms with Gasteiger partial charge in [-0.25, -0.2) is 22.0 Å². The third-order valence-electron chi connectivity index (χ3n) is 4.67. The Morgan fingerprint density at radius 1 is 1.16 bits per heavy atom. The number of carbonyl (C=O) groups excluding carboxylic acids is 2. The van der Waals surface area contributed by atoms with Gasteiger partial charge in [-0.1, -0.05) is 19.9 Å². The van der Waals surface area contributed by atoms with Gasteiger partial charge in [0, 0.05) is 12.5 Å². The molecule has 0 saturated heterocycles. The molecule has 0 radical (unpaired) electrons. The number of ether oxygens (including phenoxy) is 1. The Kier molecular flexibility index (Phi) is 8.16. The van der Waals surface area contributed by atoms with E-state index in [1.54, 1.807) is 27.7 Å². The summed E-state index contributed by atoms with van der Waals surface area (Å²) in [5, 5.41) is 1.26. The third-order valence-corrected chi connectivity index (χ3v) is 6.40. The highest BCUT2D eigenvalue weighted by molar-refractivity contribution is 7.93. The van der Waals surface area contributed by atoms with E-state index in [9.17, 15) is 26.8 Å². The molecular formula is C21H28F2N2O5S. The smallest absolute Gasteiger partial charge is 0.335 e. The Morgan fingerprint density at radius 2 is 1.77 bits per heavy atom. The van der Waals surface area contributed by atoms with Crippen LogP contribution in [-0.2, 0) is 30.9 Å². The van der Waals surface area contributed by atoms with Gasteiger partial charge in [-0.2, -0.15) is 0 Å². The second-order valence-corrected chi connectivity index (χ2v) is 9.85. The van der Waals surface area contributed by atoms with Crippen molar-refractivity contribution in [3.63, 3.8) is 0 Å². The summed E-state index contributed by atoms with van der Waals surface area (Å²) in [4.78, 5) is 23.9. The van der Waals surface area contributed by atoms with Crippen LogP contribution in [0, 0.1) is 17.6 Å². The molecule has 31 heavy (non-hydrogen) atoms. The van der Waals surface area contributed by atoms with Gasteiger partial charge < -0.3 is 10.1 Å². The minimum Gasteiger partial charge on any atom is -0.460 e. The van der Waals surface area contributed by atoms with Gasteiger partial charge in [0.05, 0.1) is 11.7 Å². The van der Waals surface area contributed by atoms with Crippen LogP contribution < -0.4 is 10.0 Å². The van der Waals surface area contributed by atoms with Crippen molar-refractivity contribution in [3.8, 4) is 0 Å². The zero-order valence-electron chi connectivity index (χ0n) is 18.0. The highest BCUT2D eigenvalue weighted by Gasteiger charge is 2.36. The lowest BCUT2D eigenvalue weighted by atomic mass is 9.99. The Balaban J connectivity index is 2.24. The Hall–Kier alpha value is -2.49. The van der Waals surface area contributed by atoms with E-state index in [1.165, 1.54) is 6.08 Å². The number of anilines is 1. The number of esters is 1. The maximum absolute atomic E-state index is 14.5. The molecule has 172 valence electrons. The van der Waals surface area contributed by atoms with Crippen molar-refractivity contribution < 1.29 is 31.5 Å². The first-order chi connectivity index (χ1) is 14.4. The number of hydrogen-bond acceptors (Lipinski definition) is 5. The van der Waals surface area contributed by atoms with E-state index >= 15 is 0 Å². The highest BCUT2D eigenvalue weighted by atomic mass is 32.2. The standard InChI is InChI=1S/C21H28F2N2O5S/c1-12(2)20(26)24-11-14-9-16(22)19(17(23)10-14)25-31(28,29)18-8-6-5-7-15(18)21(27)30-13(3)4/h7,9-10,12-13,18,25H,5-6,8,11H2,1-4H3,(H,24,26). The summed E-state index contributed by atoms with van der Waals surface area (Å²) in [5.41, 5.74) is -0.729. The number of nitrogens with one attached hydrogen (secondary N) is 2. The van der Waals surface area contributed by atoms with E-state index in [-0.39, 0.29) is 35.9 Å². The first kappa shape index (κ1) is 24.8. The SMILES string of the molecule is CC(C)OC(=O)C1=CCCCC1S(=O)(=O)Nc1c(F)cc(CNC(=O)C(C)C)cc1F. The predicted octanol–water partition coefficient (Wildman–Crippen LogP) is 3.41. The molecule has 1 aromatic rings. The van der Waals surface area contributed by atoms with E-state index in [2.05, 4.69) is 5.32 Å². The van der Waals surface area contributed by atoms with Crippen molar-refractivity contribution in [1.29, 1.82) is 0 Å². The number of carbonyl (C=O) groups is 2. The molecule has 1 aromatic carbocycles. The van der Waals surface area contributed by atoms with Gasteiger partial charge in [0.25, 0.3) is 0 Å². The normalized spacial score (nSPS) is 16.8. The van der Waals surface area contributed by atoms with E-state index in [0.717, 1.165) is 12.1 Å². The molecule has 0 aliphatic heterocycles. The lowest BCUT2D eigenvalue weighted by Crippen LogP contribution is -2.35. The van der Waals surface area contributed by atoms with Gasteiger partial charge in [0.1, 0.15) is 10.9 Å². The average molecular weight is 459 g/mol. The minimum absolute atomic E-state index is 0.0405. The summed E-state index contributed by atoms with van der Waals surface area (Å²) < 4.78 is 61.9. The number of hydrogen-bond donors (Lipinski definition) is 2. The van der Waals surface area contributed by atoms with Crippen molar-refractivity contribution in [1.82, 2.24) is 5.32 Å². The Bertz CT molecular complexity index is 951. The van der Waals surface area contributed by atoms with Crippen molar-refractivity contribution in [2.45, 2.75) is 64.9 Å². The number of rotatable bonds is 8. The lowest BCUT2D eigenvalue weighted by molar-refractivity contribution is -0.142. The van der Waals surface area contributed by atoms with Gasteiger partial charge in [0.15, 0.2) is 11.6 Å². The fourth-order valence-corrected chi connectivity index (χ4v) is 4.72. The monoisotopic (exact) mass is 458 g/mol. The maximum Gasteiger partial charge on any atom is 0.335 e. The van der Waals surface area contributed by atoms with E-state index in [1.807, 2.05) is 4.72 Å². The molecule has 0 saturated carbocycles. The number of sulfonamides is 1. The topological polar surface area (TPSA) is 102 Å². The van der Waals surface area contributed by atoms with Crippen molar-refractivity contribution in [2.75, 3.05) is 4.72 Å². The summed E-state index contributed by atoms with van der Waals surface area (Å²) in [6, 6.07) is 1.90. The lowest BCUT2D eigenvalue weighted by Gasteiger charge is -2.24. The first-order valence-corrected chi connectivity index (χ1v) is 11.6. The molecule has 0 fully saturated rings. The number of halogens is 2. The fourth-order valence-electron chi connectivity index (χ4n) is 3.10. The molecule has 1 amide bonds. The first-order valence-electron chi connectivity index (χ1n) is 10.1. The van der Waals surface area contributed by atoms with Crippen LogP contribution in [-0.4, -0.2) is 31.6 Å². The van der Waals surface area contributed by atoms with Crippen LogP contribution in [0.5, 0.6) is 0 Å².